The van der Waals surface area contributed by atoms with Crippen molar-refractivity contribution < 1.29 is 4.79 Å². The van der Waals surface area contributed by atoms with Crippen molar-refractivity contribution in [3.05, 3.63) is 66.2 Å². The normalized spacial score (nSPS) is 14.6. The van der Waals surface area contributed by atoms with E-state index in [-0.39, 0.29) is 18.3 Å². The summed E-state index contributed by atoms with van der Waals surface area (Å²) < 4.78 is 0. The van der Waals surface area contributed by atoms with Crippen LogP contribution in [0.2, 0.25) is 0 Å². The first kappa shape index (κ1) is 19.5. The van der Waals surface area contributed by atoms with E-state index in [1.807, 2.05) is 53.4 Å². The van der Waals surface area contributed by atoms with Crippen LogP contribution in [0.5, 0.6) is 0 Å². The van der Waals surface area contributed by atoms with Gasteiger partial charge in [-0.1, -0.05) is 48.5 Å². The van der Waals surface area contributed by atoms with Crippen LogP contribution in [0.1, 0.15) is 31.2 Å². The molecule has 3 nitrogen and oxygen atoms in total. The third-order valence-corrected chi connectivity index (χ3v) is 4.78. The molecule has 0 radical (unpaired) electrons. The number of rotatable bonds is 6. The van der Waals surface area contributed by atoms with E-state index in [0.29, 0.717) is 18.9 Å². The van der Waals surface area contributed by atoms with Crippen LogP contribution in [0.3, 0.4) is 0 Å². The van der Waals surface area contributed by atoms with Crippen LogP contribution in [0, 0.1) is 5.92 Å². The largest absolute Gasteiger partial charge is 0.317 e. The van der Waals surface area contributed by atoms with Gasteiger partial charge in [0.15, 0.2) is 0 Å². The van der Waals surface area contributed by atoms with Crippen LogP contribution in [-0.4, -0.2) is 19.0 Å². The van der Waals surface area contributed by atoms with Crippen molar-refractivity contribution in [3.63, 3.8) is 0 Å². The number of hydrogen-bond acceptors (Lipinski definition) is 2. The number of amides is 1. The summed E-state index contributed by atoms with van der Waals surface area (Å²) in [6.07, 6.45) is 4.01. The minimum Gasteiger partial charge on any atom is -0.317 e. The number of piperidine rings is 1. The van der Waals surface area contributed by atoms with E-state index in [9.17, 15) is 4.79 Å². The molecule has 0 spiro atoms. The van der Waals surface area contributed by atoms with Gasteiger partial charge in [0.25, 0.3) is 0 Å². The lowest BCUT2D eigenvalue weighted by molar-refractivity contribution is -0.119. The highest BCUT2D eigenvalue weighted by atomic mass is 35.5. The maximum atomic E-state index is 12.9. The number of para-hydroxylation sites is 1. The number of benzene rings is 2. The fourth-order valence-electron chi connectivity index (χ4n) is 3.33. The molecule has 0 aromatic heterocycles. The summed E-state index contributed by atoms with van der Waals surface area (Å²) in [5.41, 5.74) is 2.15. The molecule has 134 valence electrons. The van der Waals surface area contributed by atoms with Crippen molar-refractivity contribution in [2.24, 2.45) is 5.92 Å². The molecule has 1 heterocycles. The molecule has 1 saturated heterocycles. The summed E-state index contributed by atoms with van der Waals surface area (Å²) in [6.45, 7) is 2.81. The van der Waals surface area contributed by atoms with Gasteiger partial charge >= 0.3 is 0 Å². The SMILES string of the molecule is Cl.O=C(CCC1CCNCC1)N(Cc1ccccc1)c1ccccc1. The molecule has 0 atom stereocenters. The topological polar surface area (TPSA) is 32.3 Å². The lowest BCUT2D eigenvalue weighted by atomic mass is 9.93. The van der Waals surface area contributed by atoms with E-state index < -0.39 is 0 Å². The third-order valence-electron chi connectivity index (χ3n) is 4.78. The Labute approximate surface area is 156 Å². The fraction of sp³-hybridized carbons (Fsp3) is 0.381. The highest BCUT2D eigenvalue weighted by Gasteiger charge is 2.19. The van der Waals surface area contributed by atoms with Crippen LogP contribution in [0.15, 0.2) is 60.7 Å². The van der Waals surface area contributed by atoms with Crippen molar-refractivity contribution in [3.8, 4) is 0 Å². The molecule has 2 aromatic rings. The third kappa shape index (κ3) is 5.87. The molecular formula is C21H27ClN2O. The highest BCUT2D eigenvalue weighted by molar-refractivity contribution is 5.93. The van der Waals surface area contributed by atoms with Gasteiger partial charge in [0.2, 0.25) is 5.91 Å². The first-order valence-electron chi connectivity index (χ1n) is 8.93. The van der Waals surface area contributed by atoms with Crippen LogP contribution < -0.4 is 10.2 Å². The minimum absolute atomic E-state index is 0. The zero-order valence-corrected chi connectivity index (χ0v) is 15.4. The Hall–Kier alpha value is -1.84. The molecule has 1 N–H and O–H groups in total. The van der Waals surface area contributed by atoms with Gasteiger partial charge in [0, 0.05) is 12.1 Å². The lowest BCUT2D eigenvalue weighted by Gasteiger charge is -2.26. The summed E-state index contributed by atoms with van der Waals surface area (Å²) in [7, 11) is 0. The molecule has 1 fully saturated rings. The summed E-state index contributed by atoms with van der Waals surface area (Å²) in [6, 6.07) is 20.2. The van der Waals surface area contributed by atoms with Gasteiger partial charge in [0.1, 0.15) is 0 Å². The maximum Gasteiger partial charge on any atom is 0.227 e. The second kappa shape index (κ2) is 10.2. The Morgan fingerprint density at radius 2 is 1.56 bits per heavy atom. The van der Waals surface area contributed by atoms with E-state index in [4.69, 9.17) is 0 Å². The average Bonchev–Trinajstić information content (AvgIpc) is 2.66. The van der Waals surface area contributed by atoms with Crippen LogP contribution in [0.4, 0.5) is 5.69 Å². The molecule has 0 unspecified atom stereocenters. The number of nitrogens with one attached hydrogen (secondary N) is 1. The van der Waals surface area contributed by atoms with Crippen molar-refractivity contribution in [1.29, 1.82) is 0 Å². The summed E-state index contributed by atoms with van der Waals surface area (Å²) in [4.78, 5) is 14.8. The molecule has 0 saturated carbocycles. The van der Waals surface area contributed by atoms with E-state index in [1.165, 1.54) is 12.8 Å². The standard InChI is InChI=1S/C21H26N2O.ClH/c24-21(12-11-18-13-15-22-16-14-18)23(20-9-5-2-6-10-20)17-19-7-3-1-4-8-19;/h1-10,18,22H,11-17H2;1H. The Kier molecular flexibility index (Phi) is 7.96. The van der Waals surface area contributed by atoms with Crippen LogP contribution in [-0.2, 0) is 11.3 Å². The van der Waals surface area contributed by atoms with Crippen molar-refractivity contribution in [2.75, 3.05) is 18.0 Å². The van der Waals surface area contributed by atoms with Gasteiger partial charge in [-0.3, -0.25) is 4.79 Å². The van der Waals surface area contributed by atoms with Crippen LogP contribution in [0.25, 0.3) is 0 Å². The summed E-state index contributed by atoms with van der Waals surface area (Å²) in [5, 5.41) is 3.39. The number of halogens is 1. The number of hydrogen-bond donors (Lipinski definition) is 1. The molecule has 0 aliphatic carbocycles. The minimum atomic E-state index is 0. The quantitative estimate of drug-likeness (QED) is 0.828. The molecule has 1 aliphatic rings. The predicted molar refractivity (Wildman–Crippen MR) is 106 cm³/mol. The monoisotopic (exact) mass is 358 g/mol. The molecular weight excluding hydrogens is 332 g/mol. The van der Waals surface area contributed by atoms with E-state index in [2.05, 4.69) is 17.4 Å². The average molecular weight is 359 g/mol. The van der Waals surface area contributed by atoms with Gasteiger partial charge in [-0.05, 0) is 56.0 Å². The van der Waals surface area contributed by atoms with Crippen molar-refractivity contribution >= 4 is 24.0 Å². The Morgan fingerprint density at radius 1 is 0.960 bits per heavy atom. The van der Waals surface area contributed by atoms with E-state index >= 15 is 0 Å². The maximum absolute atomic E-state index is 12.9. The van der Waals surface area contributed by atoms with Gasteiger partial charge in [0.05, 0.1) is 6.54 Å². The number of carbonyl (C=O) groups is 1. The van der Waals surface area contributed by atoms with Gasteiger partial charge in [-0.25, -0.2) is 0 Å². The summed E-state index contributed by atoms with van der Waals surface area (Å²) >= 11 is 0. The van der Waals surface area contributed by atoms with E-state index in [1.54, 1.807) is 0 Å². The molecule has 3 rings (SSSR count). The van der Waals surface area contributed by atoms with Gasteiger partial charge < -0.3 is 10.2 Å². The number of nitrogens with zero attached hydrogens (tertiary/aromatic N) is 1. The number of carbonyl (C=O) groups excluding carboxylic acids is 1. The summed E-state index contributed by atoms with van der Waals surface area (Å²) in [5.74, 6) is 0.910. The first-order chi connectivity index (χ1) is 11.8. The Morgan fingerprint density at radius 3 is 2.20 bits per heavy atom. The van der Waals surface area contributed by atoms with Crippen LogP contribution >= 0.6 is 12.4 Å². The Bertz CT molecular complexity index is 627. The molecule has 1 aliphatic heterocycles. The molecule has 1 amide bonds. The molecule has 4 heteroatoms. The molecule has 0 bridgehead atoms. The smallest absolute Gasteiger partial charge is 0.227 e. The zero-order valence-electron chi connectivity index (χ0n) is 14.6. The fourth-order valence-corrected chi connectivity index (χ4v) is 3.33. The molecule has 25 heavy (non-hydrogen) atoms. The lowest BCUT2D eigenvalue weighted by Crippen LogP contribution is -2.32. The predicted octanol–water partition coefficient (Wildman–Crippen LogP) is 4.42. The Balaban J connectivity index is 0.00000225. The highest BCUT2D eigenvalue weighted by Crippen LogP contribution is 2.22. The molecule has 2 aromatic carbocycles. The second-order valence-electron chi connectivity index (χ2n) is 6.53. The van der Waals surface area contributed by atoms with Gasteiger partial charge in [-0.15, -0.1) is 12.4 Å². The van der Waals surface area contributed by atoms with Crippen molar-refractivity contribution in [1.82, 2.24) is 5.32 Å². The number of anilines is 1. The van der Waals surface area contributed by atoms with E-state index in [0.717, 1.165) is 30.8 Å². The van der Waals surface area contributed by atoms with Crippen molar-refractivity contribution in [2.45, 2.75) is 32.2 Å². The zero-order chi connectivity index (χ0) is 16.6. The van der Waals surface area contributed by atoms with Gasteiger partial charge in [-0.2, -0.15) is 0 Å². The first-order valence-corrected chi connectivity index (χ1v) is 8.93. The second-order valence-corrected chi connectivity index (χ2v) is 6.53.